The molecule has 31 heavy (non-hydrogen) atoms. The largest absolute Gasteiger partial charge is 0.381 e. The highest BCUT2D eigenvalue weighted by Crippen LogP contribution is 2.37. The molecule has 5 nitrogen and oxygen atoms in total. The predicted molar refractivity (Wildman–Crippen MR) is 127 cm³/mol. The number of hydrogen-bond donors (Lipinski definition) is 0. The summed E-state index contributed by atoms with van der Waals surface area (Å²) in [5, 5.41) is 7.93. The van der Waals surface area contributed by atoms with Crippen LogP contribution in [0.3, 0.4) is 0 Å². The second-order valence-electron chi connectivity index (χ2n) is 8.41. The van der Waals surface area contributed by atoms with E-state index in [9.17, 15) is 0 Å². The number of likely N-dealkylation sites (tertiary alicyclic amines) is 1. The number of ether oxygens (including phenoxy) is 1. The van der Waals surface area contributed by atoms with Crippen LogP contribution in [0.1, 0.15) is 37.3 Å². The summed E-state index contributed by atoms with van der Waals surface area (Å²) in [4.78, 5) is 2.58. The normalized spacial score (nSPS) is 16.0. The van der Waals surface area contributed by atoms with Gasteiger partial charge < -0.3 is 4.74 Å². The van der Waals surface area contributed by atoms with Crippen LogP contribution >= 0.6 is 12.4 Å². The van der Waals surface area contributed by atoms with Crippen molar-refractivity contribution >= 4 is 12.4 Å². The fourth-order valence-corrected chi connectivity index (χ4v) is 4.38. The Kier molecular flexibility index (Phi) is 8.64. The van der Waals surface area contributed by atoms with Gasteiger partial charge in [0.15, 0.2) is 0 Å². The molecule has 0 aliphatic carbocycles. The maximum absolute atomic E-state index is 5.93. The van der Waals surface area contributed by atoms with Crippen molar-refractivity contribution in [3.63, 3.8) is 0 Å². The average Bonchev–Trinajstić information content (AvgIpc) is 3.34. The van der Waals surface area contributed by atoms with Crippen molar-refractivity contribution in [2.45, 2.75) is 39.2 Å². The van der Waals surface area contributed by atoms with E-state index in [0.717, 1.165) is 45.0 Å². The molecule has 0 atom stereocenters. The van der Waals surface area contributed by atoms with Crippen LogP contribution in [0.4, 0.5) is 0 Å². The van der Waals surface area contributed by atoms with Gasteiger partial charge in [0.1, 0.15) is 0 Å². The summed E-state index contributed by atoms with van der Waals surface area (Å²) in [7, 11) is 0. The predicted octanol–water partition coefficient (Wildman–Crippen LogP) is 4.94. The summed E-state index contributed by atoms with van der Waals surface area (Å²) in [5.41, 5.74) is 4.13. The van der Waals surface area contributed by atoms with Gasteiger partial charge >= 0.3 is 0 Å². The Balaban J connectivity index is 0.00000272. The fraction of sp³-hybridized carbons (Fsp3) is 0.440. The number of halogens is 1. The highest BCUT2D eigenvalue weighted by molar-refractivity contribution is 5.85. The summed E-state index contributed by atoms with van der Waals surface area (Å²) >= 11 is 0. The van der Waals surface area contributed by atoms with E-state index in [1.165, 1.54) is 30.4 Å². The van der Waals surface area contributed by atoms with E-state index in [4.69, 9.17) is 4.74 Å². The highest BCUT2D eigenvalue weighted by atomic mass is 35.5. The van der Waals surface area contributed by atoms with E-state index in [0.29, 0.717) is 5.41 Å². The van der Waals surface area contributed by atoms with Crippen molar-refractivity contribution in [2.75, 3.05) is 26.3 Å². The number of rotatable bonds is 9. The first-order chi connectivity index (χ1) is 14.8. The molecule has 1 fully saturated rings. The minimum atomic E-state index is 0. The van der Waals surface area contributed by atoms with Crippen molar-refractivity contribution < 1.29 is 4.74 Å². The van der Waals surface area contributed by atoms with Crippen molar-refractivity contribution in [3.8, 4) is 5.69 Å². The quantitative estimate of drug-likeness (QED) is 0.472. The number of aromatic nitrogens is 3. The van der Waals surface area contributed by atoms with E-state index in [1.807, 2.05) is 6.20 Å². The maximum Gasteiger partial charge on any atom is 0.0697 e. The van der Waals surface area contributed by atoms with Gasteiger partial charge in [-0.3, -0.25) is 4.90 Å². The zero-order chi connectivity index (χ0) is 20.7. The lowest BCUT2D eigenvalue weighted by molar-refractivity contribution is -0.00232. The Labute approximate surface area is 191 Å². The first-order valence-corrected chi connectivity index (χ1v) is 11.1. The van der Waals surface area contributed by atoms with E-state index < -0.39 is 0 Å². The second-order valence-corrected chi connectivity index (χ2v) is 8.41. The highest BCUT2D eigenvalue weighted by Gasteiger charge is 2.34. The van der Waals surface area contributed by atoms with E-state index in [2.05, 4.69) is 76.7 Å². The van der Waals surface area contributed by atoms with Gasteiger partial charge in [-0.15, -0.1) is 17.5 Å². The number of hydrogen-bond acceptors (Lipinski definition) is 4. The van der Waals surface area contributed by atoms with Gasteiger partial charge in [0.25, 0.3) is 0 Å². The molecule has 3 aromatic rings. The molecule has 0 N–H and O–H groups in total. The van der Waals surface area contributed by atoms with Gasteiger partial charge in [-0.05, 0) is 74.4 Å². The minimum Gasteiger partial charge on any atom is -0.381 e. The molecule has 0 spiro atoms. The Hall–Kier alpha value is -2.21. The van der Waals surface area contributed by atoms with Crippen molar-refractivity contribution in [3.05, 3.63) is 78.1 Å². The second kappa shape index (κ2) is 11.4. The van der Waals surface area contributed by atoms with Crippen LogP contribution in [-0.2, 0) is 17.7 Å². The lowest BCUT2D eigenvalue weighted by atomic mass is 9.74. The van der Waals surface area contributed by atoms with Crippen molar-refractivity contribution in [1.29, 1.82) is 0 Å². The first kappa shape index (κ1) is 23.5. The van der Waals surface area contributed by atoms with Crippen molar-refractivity contribution in [1.82, 2.24) is 19.9 Å². The molecule has 4 rings (SSSR count). The number of benzene rings is 2. The fourth-order valence-electron chi connectivity index (χ4n) is 4.38. The summed E-state index contributed by atoms with van der Waals surface area (Å²) in [6.45, 7) is 7.05. The number of aryl methyl sites for hydroxylation is 1. The number of nitrogens with zero attached hydrogens (tertiary/aromatic N) is 4. The molecule has 0 saturated carbocycles. The van der Waals surface area contributed by atoms with Crippen molar-refractivity contribution in [2.24, 2.45) is 5.41 Å². The molecule has 1 saturated heterocycles. The monoisotopic (exact) mass is 440 g/mol. The van der Waals surface area contributed by atoms with Crippen LogP contribution in [0, 0.1) is 5.41 Å². The molecule has 1 aliphatic heterocycles. The van der Waals surface area contributed by atoms with Gasteiger partial charge in [0, 0.05) is 13.2 Å². The van der Waals surface area contributed by atoms with E-state index in [-0.39, 0.29) is 12.4 Å². The summed E-state index contributed by atoms with van der Waals surface area (Å²) in [6.07, 6.45) is 8.32. The third-order valence-electron chi connectivity index (χ3n) is 6.35. The third kappa shape index (κ3) is 6.39. The molecule has 0 radical (unpaired) electrons. The number of piperidine rings is 1. The Morgan fingerprint density at radius 2 is 1.71 bits per heavy atom. The minimum absolute atomic E-state index is 0. The summed E-state index contributed by atoms with van der Waals surface area (Å²) in [5.74, 6) is 0. The van der Waals surface area contributed by atoms with Crippen LogP contribution in [0.25, 0.3) is 5.69 Å². The van der Waals surface area contributed by atoms with Gasteiger partial charge in [-0.1, -0.05) is 47.7 Å². The molecular weight excluding hydrogens is 408 g/mol. The first-order valence-electron chi connectivity index (χ1n) is 11.1. The zero-order valence-electron chi connectivity index (χ0n) is 18.3. The smallest absolute Gasteiger partial charge is 0.0697 e. The molecule has 1 aromatic heterocycles. The average molecular weight is 441 g/mol. The SMILES string of the molecule is CCOCC1(CCc2ccccc2)CCN(Cc2ccc(-n3ccnn3)cc2)CC1.Cl. The van der Waals surface area contributed by atoms with Gasteiger partial charge in [-0.2, -0.15) is 0 Å². The topological polar surface area (TPSA) is 43.2 Å². The summed E-state index contributed by atoms with van der Waals surface area (Å²) < 4.78 is 7.73. The third-order valence-corrected chi connectivity index (χ3v) is 6.35. The summed E-state index contributed by atoms with van der Waals surface area (Å²) in [6, 6.07) is 19.5. The van der Waals surface area contributed by atoms with Gasteiger partial charge in [0.05, 0.1) is 24.7 Å². The van der Waals surface area contributed by atoms with Crippen LogP contribution in [0.15, 0.2) is 67.0 Å². The van der Waals surface area contributed by atoms with E-state index >= 15 is 0 Å². The molecular formula is C25H33ClN4O. The van der Waals surface area contributed by atoms with Crippen LogP contribution < -0.4 is 0 Å². The Bertz CT molecular complexity index is 876. The van der Waals surface area contributed by atoms with Crippen LogP contribution in [-0.4, -0.2) is 46.2 Å². The molecule has 0 amide bonds. The molecule has 0 bridgehead atoms. The zero-order valence-corrected chi connectivity index (χ0v) is 19.1. The molecule has 2 heterocycles. The molecule has 0 unspecified atom stereocenters. The lowest BCUT2D eigenvalue weighted by Crippen LogP contribution is -2.42. The lowest BCUT2D eigenvalue weighted by Gasteiger charge is -2.42. The Morgan fingerprint density at radius 3 is 2.35 bits per heavy atom. The van der Waals surface area contributed by atoms with Crippen LogP contribution in [0.2, 0.25) is 0 Å². The van der Waals surface area contributed by atoms with E-state index in [1.54, 1.807) is 10.9 Å². The standard InChI is InChI=1S/C25H32N4O.ClH/c1-2-30-21-25(13-12-22-6-4-3-5-7-22)14-17-28(18-15-25)20-23-8-10-24(11-9-23)29-19-16-26-27-29;/h3-11,16,19H,2,12-15,17-18,20-21H2,1H3;1H. The maximum atomic E-state index is 5.93. The molecule has 166 valence electrons. The van der Waals surface area contributed by atoms with Crippen LogP contribution in [0.5, 0.6) is 0 Å². The molecule has 2 aromatic carbocycles. The van der Waals surface area contributed by atoms with Gasteiger partial charge in [-0.25, -0.2) is 4.68 Å². The molecule has 1 aliphatic rings. The van der Waals surface area contributed by atoms with Gasteiger partial charge in [0.2, 0.25) is 0 Å². The Morgan fingerprint density at radius 1 is 0.968 bits per heavy atom. The molecule has 6 heteroatoms.